The maximum Gasteiger partial charge on any atom is 0.245 e. The first-order chi connectivity index (χ1) is 12.0. The smallest absolute Gasteiger partial charge is 0.245 e. The lowest BCUT2D eigenvalue weighted by Gasteiger charge is -2.27. The summed E-state index contributed by atoms with van der Waals surface area (Å²) < 4.78 is 6.13. The van der Waals surface area contributed by atoms with E-state index in [1.807, 2.05) is 17.0 Å². The molecule has 25 heavy (non-hydrogen) atoms. The fraction of sp³-hybridized carbons (Fsp3) is 0.667. The van der Waals surface area contributed by atoms with E-state index in [9.17, 15) is 4.79 Å². The minimum atomic E-state index is -0.0993. The summed E-state index contributed by atoms with van der Waals surface area (Å²) in [6.45, 7) is 7.97. The highest BCUT2D eigenvalue weighted by atomic mass is 16.5. The van der Waals surface area contributed by atoms with Crippen LogP contribution in [0.2, 0.25) is 0 Å². The summed E-state index contributed by atoms with van der Waals surface area (Å²) in [5.74, 6) is 0.997. The molecule has 1 aromatic rings. The van der Waals surface area contributed by atoms with E-state index in [-0.39, 0.29) is 18.0 Å². The third-order valence-electron chi connectivity index (χ3n) is 5.51. The van der Waals surface area contributed by atoms with Gasteiger partial charge in [0.05, 0.1) is 12.7 Å². The lowest BCUT2D eigenvalue weighted by atomic mass is 9.89. The SMILES string of the molecule is CC(C)N1CC[C@H](Nc2cccc(CO[C@@H]3CCC[C@@H](C)C3)c2)C1=O. The number of anilines is 1. The van der Waals surface area contributed by atoms with Crippen molar-refractivity contribution in [2.45, 2.75) is 77.7 Å². The van der Waals surface area contributed by atoms with Crippen LogP contribution in [-0.2, 0) is 16.1 Å². The summed E-state index contributed by atoms with van der Waals surface area (Å²) in [6.07, 6.45) is 6.25. The van der Waals surface area contributed by atoms with Gasteiger partial charge in [-0.25, -0.2) is 0 Å². The zero-order valence-electron chi connectivity index (χ0n) is 15.8. The Hall–Kier alpha value is -1.55. The number of hydrogen-bond acceptors (Lipinski definition) is 3. The summed E-state index contributed by atoms with van der Waals surface area (Å²) in [7, 11) is 0. The van der Waals surface area contributed by atoms with Gasteiger partial charge in [-0.3, -0.25) is 4.79 Å². The third-order valence-corrected chi connectivity index (χ3v) is 5.51. The van der Waals surface area contributed by atoms with E-state index >= 15 is 0 Å². The quantitative estimate of drug-likeness (QED) is 0.841. The van der Waals surface area contributed by atoms with Gasteiger partial charge >= 0.3 is 0 Å². The Kier molecular flexibility index (Phi) is 6.00. The number of amides is 1. The van der Waals surface area contributed by atoms with Crippen molar-refractivity contribution in [1.29, 1.82) is 0 Å². The molecule has 1 saturated carbocycles. The van der Waals surface area contributed by atoms with Crippen LogP contribution in [0.25, 0.3) is 0 Å². The summed E-state index contributed by atoms with van der Waals surface area (Å²) in [5, 5.41) is 3.41. The number of carbonyl (C=O) groups is 1. The standard InChI is InChI=1S/C21H32N2O2/c1-15(2)23-11-10-20(21(23)24)22-18-8-5-7-17(13-18)14-25-19-9-4-6-16(3)12-19/h5,7-8,13,15-16,19-20,22H,4,6,9-12,14H2,1-3H3/t16-,19-,20+/m1/s1. The molecule has 1 aliphatic heterocycles. The molecule has 4 heteroatoms. The van der Waals surface area contributed by atoms with Crippen LogP contribution in [0.15, 0.2) is 24.3 Å². The van der Waals surface area contributed by atoms with Crippen molar-refractivity contribution in [2.75, 3.05) is 11.9 Å². The van der Waals surface area contributed by atoms with Gasteiger partial charge in [0.1, 0.15) is 6.04 Å². The molecule has 4 nitrogen and oxygen atoms in total. The first-order valence-electron chi connectivity index (χ1n) is 9.80. The van der Waals surface area contributed by atoms with Crippen molar-refractivity contribution in [3.63, 3.8) is 0 Å². The Balaban J connectivity index is 1.54. The molecular formula is C21H32N2O2. The van der Waals surface area contributed by atoms with Crippen LogP contribution >= 0.6 is 0 Å². The highest BCUT2D eigenvalue weighted by Gasteiger charge is 2.32. The number of carbonyl (C=O) groups excluding carboxylic acids is 1. The van der Waals surface area contributed by atoms with Gasteiger partial charge in [-0.15, -0.1) is 0 Å². The van der Waals surface area contributed by atoms with Crippen LogP contribution in [-0.4, -0.2) is 35.5 Å². The first-order valence-corrected chi connectivity index (χ1v) is 9.80. The first kappa shape index (κ1) is 18.2. The van der Waals surface area contributed by atoms with E-state index in [1.165, 1.54) is 31.2 Å². The molecular weight excluding hydrogens is 312 g/mol. The van der Waals surface area contributed by atoms with Crippen molar-refractivity contribution in [1.82, 2.24) is 4.90 Å². The van der Waals surface area contributed by atoms with Gasteiger partial charge in [-0.05, 0) is 56.7 Å². The van der Waals surface area contributed by atoms with E-state index in [4.69, 9.17) is 4.74 Å². The molecule has 3 atom stereocenters. The predicted molar refractivity (Wildman–Crippen MR) is 102 cm³/mol. The molecule has 0 aromatic heterocycles. The van der Waals surface area contributed by atoms with Crippen LogP contribution in [0.4, 0.5) is 5.69 Å². The van der Waals surface area contributed by atoms with Crippen LogP contribution in [0.1, 0.15) is 58.4 Å². The molecule has 2 fully saturated rings. The fourth-order valence-corrected chi connectivity index (χ4v) is 4.04. The van der Waals surface area contributed by atoms with Gasteiger partial charge in [-0.2, -0.15) is 0 Å². The summed E-state index contributed by atoms with van der Waals surface area (Å²) in [5.41, 5.74) is 2.19. The van der Waals surface area contributed by atoms with Crippen molar-refractivity contribution in [3.05, 3.63) is 29.8 Å². The maximum absolute atomic E-state index is 12.4. The van der Waals surface area contributed by atoms with Crippen molar-refractivity contribution < 1.29 is 9.53 Å². The van der Waals surface area contributed by atoms with Gasteiger partial charge in [0.2, 0.25) is 5.91 Å². The van der Waals surface area contributed by atoms with Gasteiger partial charge in [0, 0.05) is 18.3 Å². The largest absolute Gasteiger partial charge is 0.374 e. The van der Waals surface area contributed by atoms with E-state index in [0.717, 1.165) is 24.6 Å². The molecule has 3 rings (SSSR count). The molecule has 1 amide bonds. The van der Waals surface area contributed by atoms with Gasteiger partial charge in [0.15, 0.2) is 0 Å². The molecule has 0 unspecified atom stereocenters. The molecule has 1 aromatic carbocycles. The minimum Gasteiger partial charge on any atom is -0.374 e. The molecule has 1 aliphatic carbocycles. The van der Waals surface area contributed by atoms with Gasteiger partial charge < -0.3 is 15.0 Å². The van der Waals surface area contributed by atoms with E-state index in [0.29, 0.717) is 12.7 Å². The van der Waals surface area contributed by atoms with E-state index < -0.39 is 0 Å². The lowest BCUT2D eigenvalue weighted by molar-refractivity contribution is -0.129. The molecule has 2 aliphatic rings. The second kappa shape index (κ2) is 8.22. The number of likely N-dealkylation sites (tertiary alicyclic amines) is 1. The Labute approximate surface area is 151 Å². The Morgan fingerprint density at radius 1 is 1.28 bits per heavy atom. The van der Waals surface area contributed by atoms with Crippen LogP contribution < -0.4 is 5.32 Å². The van der Waals surface area contributed by atoms with Crippen molar-refractivity contribution in [3.8, 4) is 0 Å². The number of nitrogens with one attached hydrogen (secondary N) is 1. The molecule has 0 bridgehead atoms. The minimum absolute atomic E-state index is 0.0993. The number of ether oxygens (including phenoxy) is 1. The summed E-state index contributed by atoms with van der Waals surface area (Å²) in [4.78, 5) is 14.4. The highest BCUT2D eigenvalue weighted by Crippen LogP contribution is 2.27. The zero-order valence-corrected chi connectivity index (χ0v) is 15.8. The maximum atomic E-state index is 12.4. The predicted octanol–water partition coefficient (Wildman–Crippen LogP) is 4.20. The highest BCUT2D eigenvalue weighted by molar-refractivity contribution is 5.87. The average molecular weight is 344 g/mol. The lowest BCUT2D eigenvalue weighted by Crippen LogP contribution is -2.37. The Morgan fingerprint density at radius 3 is 2.84 bits per heavy atom. The van der Waals surface area contributed by atoms with Crippen LogP contribution in [0, 0.1) is 5.92 Å². The topological polar surface area (TPSA) is 41.6 Å². The normalized spacial score (nSPS) is 27.1. The van der Waals surface area contributed by atoms with Gasteiger partial charge in [-0.1, -0.05) is 31.9 Å². The molecule has 1 heterocycles. The third kappa shape index (κ3) is 4.75. The molecule has 1 saturated heterocycles. The summed E-state index contributed by atoms with van der Waals surface area (Å²) >= 11 is 0. The second-order valence-electron chi connectivity index (χ2n) is 8.02. The molecule has 138 valence electrons. The zero-order chi connectivity index (χ0) is 17.8. The van der Waals surface area contributed by atoms with E-state index in [2.05, 4.69) is 38.2 Å². The summed E-state index contributed by atoms with van der Waals surface area (Å²) in [6, 6.07) is 8.49. The van der Waals surface area contributed by atoms with E-state index in [1.54, 1.807) is 0 Å². The number of rotatable bonds is 6. The average Bonchev–Trinajstić information content (AvgIpc) is 2.94. The Morgan fingerprint density at radius 2 is 2.12 bits per heavy atom. The number of nitrogens with zero attached hydrogens (tertiary/aromatic N) is 1. The van der Waals surface area contributed by atoms with Crippen molar-refractivity contribution >= 4 is 11.6 Å². The second-order valence-corrected chi connectivity index (χ2v) is 8.02. The number of benzene rings is 1. The molecule has 0 radical (unpaired) electrons. The van der Waals surface area contributed by atoms with Crippen molar-refractivity contribution in [2.24, 2.45) is 5.92 Å². The van der Waals surface area contributed by atoms with Crippen LogP contribution in [0.5, 0.6) is 0 Å². The molecule has 0 spiro atoms. The van der Waals surface area contributed by atoms with Crippen LogP contribution in [0.3, 0.4) is 0 Å². The monoisotopic (exact) mass is 344 g/mol. The van der Waals surface area contributed by atoms with Gasteiger partial charge in [0.25, 0.3) is 0 Å². The fourth-order valence-electron chi connectivity index (χ4n) is 4.04. The molecule has 1 N–H and O–H groups in total. The number of hydrogen-bond donors (Lipinski definition) is 1. The Bertz CT molecular complexity index is 587.